The average Bonchev–Trinajstić information content (AvgIpc) is 3.57. The van der Waals surface area contributed by atoms with E-state index in [4.69, 9.17) is 0 Å². The quantitative estimate of drug-likeness (QED) is 0.244. The molecule has 0 radical (unpaired) electrons. The number of benzene rings is 1. The zero-order valence-electron chi connectivity index (χ0n) is 23.1. The Labute approximate surface area is 243 Å². The van der Waals surface area contributed by atoms with Crippen molar-refractivity contribution in [2.45, 2.75) is 57.3 Å². The van der Waals surface area contributed by atoms with Crippen molar-refractivity contribution in [1.29, 1.82) is 0 Å². The number of ketones is 1. The Morgan fingerprint density at radius 3 is 2.65 bits per heavy atom. The van der Waals surface area contributed by atoms with Crippen LogP contribution in [0.4, 0.5) is 26.7 Å². The molecule has 0 bridgehead atoms. The number of Topliss-reactive ketones (excluding diaryl/α,β-unsaturated/α-hetero) is 1. The average molecular weight is 598 g/mol. The number of rotatable bonds is 2. The second-order valence-electron chi connectivity index (χ2n) is 11.6. The van der Waals surface area contributed by atoms with Crippen LogP contribution in [0.25, 0.3) is 27.7 Å². The van der Waals surface area contributed by atoms with Gasteiger partial charge in [-0.05, 0) is 54.7 Å². The van der Waals surface area contributed by atoms with Crippen LogP contribution in [0.1, 0.15) is 54.5 Å². The summed E-state index contributed by atoms with van der Waals surface area (Å²) < 4.78 is 74.9. The molecule has 224 valence electrons. The molecule has 1 aromatic carbocycles. The Morgan fingerprint density at radius 2 is 1.84 bits per heavy atom. The van der Waals surface area contributed by atoms with Crippen molar-refractivity contribution >= 4 is 39.5 Å². The fourth-order valence-corrected chi connectivity index (χ4v) is 6.73. The molecule has 0 N–H and O–H groups in total. The monoisotopic (exact) mass is 597 g/mol. The summed E-state index contributed by atoms with van der Waals surface area (Å²) in [7, 11) is 0. The fraction of sp³-hybridized carbons (Fsp3) is 0.387. The van der Waals surface area contributed by atoms with Gasteiger partial charge in [0.2, 0.25) is 0 Å². The molecule has 3 aliphatic rings. The largest absolute Gasteiger partial charge is 0.416 e. The predicted molar refractivity (Wildman–Crippen MR) is 149 cm³/mol. The number of hydrogen-bond donors (Lipinski definition) is 0. The second kappa shape index (κ2) is 9.92. The van der Waals surface area contributed by atoms with Gasteiger partial charge in [-0.15, -0.1) is 0 Å². The second-order valence-corrected chi connectivity index (χ2v) is 11.6. The number of fused-ring (bicyclic) bond motifs is 1. The van der Waals surface area contributed by atoms with Crippen molar-refractivity contribution in [3.63, 3.8) is 0 Å². The number of likely N-dealkylation sites (tertiary alicyclic amines) is 1. The van der Waals surface area contributed by atoms with E-state index in [0.717, 1.165) is 17.0 Å². The molecule has 2 amide bonds. The van der Waals surface area contributed by atoms with Crippen LogP contribution in [-0.4, -0.2) is 61.1 Å². The maximum atomic E-state index is 14.3. The summed E-state index contributed by atoms with van der Waals surface area (Å²) in [6, 6.07) is 7.01. The Balaban J connectivity index is 1.35. The fourth-order valence-electron chi connectivity index (χ4n) is 6.73. The van der Waals surface area contributed by atoms with Crippen LogP contribution < -0.4 is 0 Å². The minimum Gasteiger partial charge on any atom is -0.345 e. The molecule has 1 aliphatic carbocycles. The zero-order valence-corrected chi connectivity index (χ0v) is 23.1. The molecule has 0 spiro atoms. The number of pyridine rings is 1. The number of carbonyl (C=O) groups is 2. The van der Waals surface area contributed by atoms with Crippen LogP contribution in [0, 0.1) is 0 Å². The maximum absolute atomic E-state index is 14.3. The van der Waals surface area contributed by atoms with Crippen LogP contribution in [0.2, 0.25) is 0 Å². The number of allylic oxidation sites excluding steroid dienone is 2. The van der Waals surface area contributed by atoms with Gasteiger partial charge in [0, 0.05) is 67.9 Å². The van der Waals surface area contributed by atoms with Crippen molar-refractivity contribution < 1.29 is 31.5 Å². The summed E-state index contributed by atoms with van der Waals surface area (Å²) >= 11 is 0. The van der Waals surface area contributed by atoms with E-state index in [1.165, 1.54) is 4.90 Å². The van der Waals surface area contributed by atoms with Gasteiger partial charge >= 0.3 is 12.2 Å². The molecule has 0 atom stereocenters. The van der Waals surface area contributed by atoms with Crippen LogP contribution in [0.3, 0.4) is 0 Å². The highest BCUT2D eigenvalue weighted by Gasteiger charge is 2.39. The lowest BCUT2D eigenvalue weighted by atomic mass is 9.96. The molecule has 7 nitrogen and oxygen atoms in total. The van der Waals surface area contributed by atoms with Gasteiger partial charge in [0.15, 0.2) is 5.78 Å². The molecule has 12 heteroatoms. The van der Waals surface area contributed by atoms with Gasteiger partial charge < -0.3 is 14.4 Å². The van der Waals surface area contributed by atoms with Gasteiger partial charge in [-0.1, -0.05) is 6.07 Å². The van der Waals surface area contributed by atoms with Crippen LogP contribution in [0.5, 0.6) is 0 Å². The number of halogens is 5. The molecule has 3 aromatic heterocycles. The summed E-state index contributed by atoms with van der Waals surface area (Å²) in [5.41, 5.74) is 2.83. The van der Waals surface area contributed by atoms with Crippen molar-refractivity contribution in [2.75, 3.05) is 19.6 Å². The highest BCUT2D eigenvalue weighted by Crippen LogP contribution is 2.44. The summed E-state index contributed by atoms with van der Waals surface area (Å²) in [5.74, 6) is -3.11. The van der Waals surface area contributed by atoms with Crippen molar-refractivity contribution in [3.8, 4) is 0 Å². The topological polar surface area (TPSA) is 62.9 Å². The molecule has 1 fully saturated rings. The summed E-state index contributed by atoms with van der Waals surface area (Å²) in [5, 5.41) is 0.344. The van der Waals surface area contributed by atoms with Crippen LogP contribution in [0.15, 0.2) is 48.9 Å². The number of imidazole rings is 1. The van der Waals surface area contributed by atoms with E-state index in [-0.39, 0.29) is 50.4 Å². The first-order valence-electron chi connectivity index (χ1n) is 14.3. The highest BCUT2D eigenvalue weighted by atomic mass is 19.4. The molecule has 4 aromatic rings. The standard InChI is InChI=1S/C31H28F5N5O2/c32-30(33)8-2-4-9-40(18-30)29(43)39-12-11-38-17-23(22-14-20(31(34,35)36)13-19(16-39)28(22)38)21-6-7-25(42)27(21)24-15-37-26-5-1-3-10-41(24)26/h1,3,5,10,13-15,17H,2,4,6-9,11-12,16,18H2. The normalized spacial score (nSPS) is 19.4. The number of hydrogen-bond acceptors (Lipinski definition) is 3. The highest BCUT2D eigenvalue weighted by molar-refractivity contribution is 6.31. The molecular formula is C31H28F5N5O2. The first-order valence-corrected chi connectivity index (χ1v) is 14.3. The third-order valence-corrected chi connectivity index (χ3v) is 8.72. The van der Waals surface area contributed by atoms with Gasteiger partial charge in [0.1, 0.15) is 5.65 Å². The lowest BCUT2D eigenvalue weighted by Gasteiger charge is -2.31. The third kappa shape index (κ3) is 4.76. The summed E-state index contributed by atoms with van der Waals surface area (Å²) in [6.07, 6.45) is 1.54. The van der Waals surface area contributed by atoms with E-state index in [1.807, 2.05) is 22.8 Å². The molecule has 5 heterocycles. The summed E-state index contributed by atoms with van der Waals surface area (Å²) in [6.45, 7) is -0.281. The molecule has 7 rings (SSSR count). The third-order valence-electron chi connectivity index (χ3n) is 8.72. The van der Waals surface area contributed by atoms with Crippen molar-refractivity contribution in [3.05, 3.63) is 71.3 Å². The van der Waals surface area contributed by atoms with Crippen LogP contribution >= 0.6 is 0 Å². The minimum atomic E-state index is -4.66. The number of urea groups is 1. The molecule has 43 heavy (non-hydrogen) atoms. The van der Waals surface area contributed by atoms with E-state index >= 15 is 0 Å². The first-order chi connectivity index (χ1) is 20.5. The SMILES string of the molecule is O=C1CCC(c2cn3c4c(cc(C(F)(F)F)cc24)CN(C(=O)N2CCCCC(F)(F)C2)CC3)=C1c1cnc2ccccn12. The molecule has 2 aliphatic heterocycles. The molecule has 0 saturated carbocycles. The molecule has 0 unspecified atom stereocenters. The van der Waals surface area contributed by atoms with Crippen molar-refractivity contribution in [1.82, 2.24) is 23.8 Å². The molecule has 1 saturated heterocycles. The molecular weight excluding hydrogens is 569 g/mol. The van der Waals surface area contributed by atoms with Gasteiger partial charge in [-0.2, -0.15) is 13.2 Å². The van der Waals surface area contributed by atoms with Gasteiger partial charge in [0.05, 0.1) is 29.5 Å². The lowest BCUT2D eigenvalue weighted by Crippen LogP contribution is -2.47. The van der Waals surface area contributed by atoms with Gasteiger partial charge in [-0.25, -0.2) is 18.6 Å². The van der Waals surface area contributed by atoms with Crippen LogP contribution in [-0.2, 0) is 24.1 Å². The van der Waals surface area contributed by atoms with E-state index < -0.39 is 30.2 Å². The van der Waals surface area contributed by atoms with Gasteiger partial charge in [0.25, 0.3) is 5.92 Å². The minimum absolute atomic E-state index is 0.105. The van der Waals surface area contributed by atoms with E-state index in [1.54, 1.807) is 23.0 Å². The van der Waals surface area contributed by atoms with Gasteiger partial charge in [-0.3, -0.25) is 9.20 Å². The Kier molecular flexibility index (Phi) is 6.37. The number of nitrogens with zero attached hydrogens (tertiary/aromatic N) is 5. The number of aromatic nitrogens is 3. The van der Waals surface area contributed by atoms with E-state index in [0.29, 0.717) is 58.2 Å². The van der Waals surface area contributed by atoms with E-state index in [2.05, 4.69) is 4.98 Å². The number of alkyl halides is 5. The zero-order chi connectivity index (χ0) is 30.1. The number of amides is 2. The Hall–Kier alpha value is -4.22. The first kappa shape index (κ1) is 27.6. The summed E-state index contributed by atoms with van der Waals surface area (Å²) in [4.78, 5) is 33.6. The van der Waals surface area contributed by atoms with E-state index in [9.17, 15) is 31.5 Å². The maximum Gasteiger partial charge on any atom is 0.416 e. The van der Waals surface area contributed by atoms with Crippen molar-refractivity contribution in [2.24, 2.45) is 0 Å². The smallest absolute Gasteiger partial charge is 0.345 e. The number of carbonyl (C=O) groups excluding carboxylic acids is 2. The predicted octanol–water partition coefficient (Wildman–Crippen LogP) is 6.64. The Morgan fingerprint density at radius 1 is 1.00 bits per heavy atom. The Bertz CT molecular complexity index is 1820. The lowest BCUT2D eigenvalue weighted by molar-refractivity contribution is -0.137.